The second-order valence-electron chi connectivity index (χ2n) is 5.88. The van der Waals surface area contributed by atoms with E-state index in [1.165, 1.54) is 11.8 Å². The van der Waals surface area contributed by atoms with Crippen molar-refractivity contribution in [2.45, 2.75) is 33.1 Å². The van der Waals surface area contributed by atoms with E-state index in [9.17, 15) is 9.59 Å². The summed E-state index contributed by atoms with van der Waals surface area (Å²) in [6, 6.07) is 7.08. The van der Waals surface area contributed by atoms with Gasteiger partial charge in [-0.3, -0.25) is 19.7 Å². The normalized spacial score (nSPS) is 11.5. The molecule has 2 aromatic rings. The number of hydrogen-bond donors (Lipinski definition) is 1. The number of aliphatic imine (C=N–C) groups is 1. The van der Waals surface area contributed by atoms with Crippen LogP contribution in [0.15, 0.2) is 34.1 Å². The number of aromatic amines is 1. The Balaban J connectivity index is 2.50. The minimum Gasteiger partial charge on any atom is -0.497 e. The molecule has 0 fully saturated rings. The van der Waals surface area contributed by atoms with E-state index in [0.717, 1.165) is 12.8 Å². The third kappa shape index (κ3) is 4.41. The highest BCUT2D eigenvalue weighted by atomic mass is 16.5. The quantitative estimate of drug-likeness (QED) is 0.446. The minimum absolute atomic E-state index is 0.0230. The summed E-state index contributed by atoms with van der Waals surface area (Å²) in [5.41, 5.74) is 1.94. The molecule has 26 heavy (non-hydrogen) atoms. The second kappa shape index (κ2) is 9.03. The first-order valence-electron chi connectivity index (χ1n) is 8.58. The van der Waals surface area contributed by atoms with E-state index in [4.69, 9.17) is 9.47 Å². The van der Waals surface area contributed by atoms with Gasteiger partial charge in [-0.15, -0.1) is 0 Å². The Hall–Kier alpha value is -2.83. The molecule has 0 spiro atoms. The Morgan fingerprint density at radius 1 is 1.23 bits per heavy atom. The van der Waals surface area contributed by atoms with Crippen LogP contribution in [-0.4, -0.2) is 42.2 Å². The first kappa shape index (κ1) is 19.5. The molecule has 0 amide bonds. The van der Waals surface area contributed by atoms with E-state index in [-0.39, 0.29) is 12.0 Å². The number of unbranched alkanes of at least 4 members (excludes halogenated alkanes) is 1. The number of carbonyl (C=O) groups is 1. The van der Waals surface area contributed by atoms with Gasteiger partial charge in [0.1, 0.15) is 5.75 Å². The molecule has 0 aliphatic rings. The number of nitrogens with zero attached hydrogens (tertiary/aromatic N) is 2. The summed E-state index contributed by atoms with van der Waals surface area (Å²) in [7, 11) is 2.90. The van der Waals surface area contributed by atoms with E-state index in [1.54, 1.807) is 38.3 Å². The molecular formula is C19H25N3O4. The molecular weight excluding hydrogens is 334 g/mol. The SMILES string of the molecule is CCCCN=C(C)c1c(CC(=O)OC)[nH]n(-c2ccc(OC)cc2)c1=O. The summed E-state index contributed by atoms with van der Waals surface area (Å²) in [6.07, 6.45) is 1.95. The molecule has 0 aliphatic heterocycles. The van der Waals surface area contributed by atoms with Gasteiger partial charge in [0.15, 0.2) is 0 Å². The Morgan fingerprint density at radius 2 is 1.92 bits per heavy atom. The number of methoxy groups -OCH3 is 2. The summed E-state index contributed by atoms with van der Waals surface area (Å²) >= 11 is 0. The summed E-state index contributed by atoms with van der Waals surface area (Å²) < 4.78 is 11.3. The number of nitrogens with one attached hydrogen (secondary N) is 1. The van der Waals surface area contributed by atoms with Crippen molar-refractivity contribution in [2.75, 3.05) is 20.8 Å². The second-order valence-corrected chi connectivity index (χ2v) is 5.88. The Bertz CT molecular complexity index is 831. The lowest BCUT2D eigenvalue weighted by molar-refractivity contribution is -0.139. The standard InChI is InChI=1S/C19H25N3O4/c1-5-6-11-20-13(2)18-16(12-17(23)26-4)21-22(19(18)24)14-7-9-15(25-3)10-8-14/h7-10,21H,5-6,11-12H2,1-4H3. The lowest BCUT2D eigenvalue weighted by atomic mass is 10.1. The third-order valence-electron chi connectivity index (χ3n) is 4.07. The van der Waals surface area contributed by atoms with Crippen LogP contribution in [0.25, 0.3) is 5.69 Å². The summed E-state index contributed by atoms with van der Waals surface area (Å²) in [5.74, 6) is 0.274. The fourth-order valence-electron chi connectivity index (χ4n) is 2.60. The average Bonchev–Trinajstić information content (AvgIpc) is 2.97. The smallest absolute Gasteiger partial charge is 0.311 e. The van der Waals surface area contributed by atoms with Gasteiger partial charge in [0.2, 0.25) is 0 Å². The number of aromatic nitrogens is 2. The lowest BCUT2D eigenvalue weighted by Crippen LogP contribution is -2.20. The van der Waals surface area contributed by atoms with Gasteiger partial charge < -0.3 is 9.47 Å². The van der Waals surface area contributed by atoms with Crippen LogP contribution in [0.2, 0.25) is 0 Å². The maximum absolute atomic E-state index is 13.0. The van der Waals surface area contributed by atoms with Crippen LogP contribution in [0, 0.1) is 0 Å². The van der Waals surface area contributed by atoms with Gasteiger partial charge in [0.05, 0.1) is 37.6 Å². The van der Waals surface area contributed by atoms with E-state index in [1.807, 2.05) is 0 Å². The maximum Gasteiger partial charge on any atom is 0.311 e. The van der Waals surface area contributed by atoms with E-state index in [0.29, 0.717) is 35.0 Å². The van der Waals surface area contributed by atoms with Crippen LogP contribution >= 0.6 is 0 Å². The van der Waals surface area contributed by atoms with E-state index in [2.05, 4.69) is 17.0 Å². The van der Waals surface area contributed by atoms with Crippen LogP contribution in [0.1, 0.15) is 37.9 Å². The zero-order valence-corrected chi connectivity index (χ0v) is 15.7. The molecule has 1 heterocycles. The molecule has 1 N–H and O–H groups in total. The highest BCUT2D eigenvalue weighted by Gasteiger charge is 2.20. The first-order valence-corrected chi connectivity index (χ1v) is 8.58. The van der Waals surface area contributed by atoms with Crippen molar-refractivity contribution < 1.29 is 14.3 Å². The lowest BCUT2D eigenvalue weighted by Gasteiger charge is -2.03. The van der Waals surface area contributed by atoms with Gasteiger partial charge in [-0.1, -0.05) is 13.3 Å². The Kier molecular flexibility index (Phi) is 6.77. The molecule has 0 radical (unpaired) electrons. The number of carbonyl (C=O) groups excluding carboxylic acids is 1. The topological polar surface area (TPSA) is 85.7 Å². The van der Waals surface area contributed by atoms with E-state index >= 15 is 0 Å². The molecule has 1 aromatic heterocycles. The van der Waals surface area contributed by atoms with Gasteiger partial charge in [0, 0.05) is 12.3 Å². The fraction of sp³-hybridized carbons (Fsp3) is 0.421. The number of hydrogen-bond acceptors (Lipinski definition) is 5. The zero-order valence-electron chi connectivity index (χ0n) is 15.7. The van der Waals surface area contributed by atoms with Gasteiger partial charge in [-0.25, -0.2) is 4.68 Å². The first-order chi connectivity index (χ1) is 12.5. The number of ether oxygens (including phenoxy) is 2. The van der Waals surface area contributed by atoms with Gasteiger partial charge in [-0.05, 0) is 37.6 Å². The predicted molar refractivity (Wildman–Crippen MR) is 101 cm³/mol. The summed E-state index contributed by atoms with van der Waals surface area (Å²) in [4.78, 5) is 29.2. The molecule has 0 saturated carbocycles. The third-order valence-corrected chi connectivity index (χ3v) is 4.07. The summed E-state index contributed by atoms with van der Waals surface area (Å²) in [5, 5.41) is 3.02. The largest absolute Gasteiger partial charge is 0.497 e. The van der Waals surface area contributed by atoms with Crippen LogP contribution < -0.4 is 10.3 Å². The number of benzene rings is 1. The van der Waals surface area contributed by atoms with Crippen LogP contribution in [0.4, 0.5) is 0 Å². The molecule has 0 bridgehead atoms. The molecule has 0 atom stereocenters. The number of esters is 1. The van der Waals surface area contributed by atoms with Crippen LogP contribution in [0.5, 0.6) is 5.75 Å². The van der Waals surface area contributed by atoms with Crippen molar-refractivity contribution in [3.8, 4) is 11.4 Å². The average molecular weight is 359 g/mol. The van der Waals surface area contributed by atoms with Crippen molar-refractivity contribution in [3.05, 3.63) is 45.9 Å². The highest BCUT2D eigenvalue weighted by molar-refractivity contribution is 6.00. The highest BCUT2D eigenvalue weighted by Crippen LogP contribution is 2.15. The maximum atomic E-state index is 13.0. The number of rotatable bonds is 8. The monoisotopic (exact) mass is 359 g/mol. The Labute approximate surface area is 152 Å². The molecule has 2 rings (SSSR count). The van der Waals surface area contributed by atoms with Crippen LogP contribution in [-0.2, 0) is 16.0 Å². The van der Waals surface area contributed by atoms with E-state index < -0.39 is 5.97 Å². The Morgan fingerprint density at radius 3 is 2.50 bits per heavy atom. The molecule has 1 aromatic carbocycles. The molecule has 0 unspecified atom stereocenters. The minimum atomic E-state index is -0.421. The van der Waals surface area contributed by atoms with Gasteiger partial charge >= 0.3 is 5.97 Å². The van der Waals surface area contributed by atoms with Crippen molar-refractivity contribution in [1.82, 2.24) is 9.78 Å². The van der Waals surface area contributed by atoms with Gasteiger partial charge in [0.25, 0.3) is 5.56 Å². The molecule has 0 saturated heterocycles. The van der Waals surface area contributed by atoms with Crippen molar-refractivity contribution in [1.29, 1.82) is 0 Å². The van der Waals surface area contributed by atoms with Crippen molar-refractivity contribution >= 4 is 11.7 Å². The van der Waals surface area contributed by atoms with Crippen molar-refractivity contribution in [2.24, 2.45) is 4.99 Å². The van der Waals surface area contributed by atoms with Gasteiger partial charge in [-0.2, -0.15) is 0 Å². The van der Waals surface area contributed by atoms with Crippen LogP contribution in [0.3, 0.4) is 0 Å². The van der Waals surface area contributed by atoms with Crippen molar-refractivity contribution in [3.63, 3.8) is 0 Å². The number of H-pyrrole nitrogens is 1. The molecule has 7 nitrogen and oxygen atoms in total. The fourth-order valence-corrected chi connectivity index (χ4v) is 2.60. The molecule has 7 heteroatoms. The summed E-state index contributed by atoms with van der Waals surface area (Å²) in [6.45, 7) is 4.52. The zero-order chi connectivity index (χ0) is 19.1. The predicted octanol–water partition coefficient (Wildman–Crippen LogP) is 2.50. The molecule has 140 valence electrons. The molecule has 0 aliphatic carbocycles.